The fraction of sp³-hybridized carbons (Fsp3) is 0. The summed E-state index contributed by atoms with van der Waals surface area (Å²) in [6.07, 6.45) is 2.78. The van der Waals surface area contributed by atoms with Gasteiger partial charge in [0, 0.05) is 0 Å². The lowest BCUT2D eigenvalue weighted by molar-refractivity contribution is 0.568. The Morgan fingerprint density at radius 1 is 1.12 bits per heavy atom. The number of hydrogen-bond acceptors (Lipinski definition) is 3. The Kier molecular flexibility index (Phi) is 2.08. The van der Waals surface area contributed by atoms with Crippen molar-refractivity contribution in [3.05, 3.63) is 58.9 Å². The first-order chi connectivity index (χ1) is 8.25. The molecule has 3 aromatic rings. The average molecular weight is 230 g/mol. The molecule has 17 heavy (non-hydrogen) atoms. The lowest BCUT2D eigenvalue weighted by Gasteiger charge is -1.99. The Hall–Kier alpha value is -2.36. The third-order valence-corrected chi connectivity index (χ3v) is 2.52. The predicted octanol–water partition coefficient (Wildman–Crippen LogP) is 3.19. The molecule has 0 aliphatic carbocycles. The van der Waals surface area contributed by atoms with Crippen LogP contribution in [-0.4, -0.2) is 0 Å². The van der Waals surface area contributed by atoms with Gasteiger partial charge >= 0.3 is 0 Å². The minimum Gasteiger partial charge on any atom is -0.464 e. The first-order valence-electron chi connectivity index (χ1n) is 5.00. The monoisotopic (exact) mass is 230 g/mol. The number of rotatable bonds is 1. The van der Waals surface area contributed by atoms with Gasteiger partial charge < -0.3 is 8.83 Å². The number of benzene rings is 1. The fourth-order valence-electron chi connectivity index (χ4n) is 1.71. The largest absolute Gasteiger partial charge is 0.464 e. The smallest absolute Gasteiger partial charge is 0.203 e. The van der Waals surface area contributed by atoms with E-state index in [2.05, 4.69) is 0 Å². The lowest BCUT2D eigenvalue weighted by Crippen LogP contribution is -2.04. The van der Waals surface area contributed by atoms with Gasteiger partial charge in [-0.1, -0.05) is 0 Å². The summed E-state index contributed by atoms with van der Waals surface area (Å²) < 4.78 is 23.5. The molecular formula is C13H7FO3. The van der Waals surface area contributed by atoms with Gasteiger partial charge in [-0.15, -0.1) is 0 Å². The topological polar surface area (TPSA) is 43.4 Å². The molecule has 0 saturated heterocycles. The lowest BCUT2D eigenvalue weighted by atomic mass is 10.1. The Balaban J connectivity index is 2.36. The zero-order valence-electron chi connectivity index (χ0n) is 8.64. The summed E-state index contributed by atoms with van der Waals surface area (Å²) in [5.41, 5.74) is 0.334. The van der Waals surface area contributed by atoms with Crippen LogP contribution in [-0.2, 0) is 0 Å². The third-order valence-electron chi connectivity index (χ3n) is 2.52. The van der Waals surface area contributed by atoms with E-state index >= 15 is 0 Å². The van der Waals surface area contributed by atoms with Crippen LogP contribution < -0.4 is 5.43 Å². The normalized spacial score (nSPS) is 10.9. The van der Waals surface area contributed by atoms with Gasteiger partial charge in [0.15, 0.2) is 0 Å². The van der Waals surface area contributed by atoms with E-state index < -0.39 is 5.82 Å². The zero-order valence-corrected chi connectivity index (χ0v) is 8.64. The molecule has 0 bridgehead atoms. The molecule has 0 fully saturated rings. The highest BCUT2D eigenvalue weighted by molar-refractivity contribution is 5.80. The highest BCUT2D eigenvalue weighted by Gasteiger charge is 2.11. The summed E-state index contributed by atoms with van der Waals surface area (Å²) in [7, 11) is 0. The standard InChI is InChI=1S/C13H7FO3/c14-8-3-4-12-9(6-8)13(15)10(7-17-12)11-2-1-5-16-11/h1-7H. The summed E-state index contributed by atoms with van der Waals surface area (Å²) in [6, 6.07) is 7.16. The molecule has 84 valence electrons. The van der Waals surface area contributed by atoms with Crippen molar-refractivity contribution in [2.75, 3.05) is 0 Å². The Morgan fingerprint density at radius 2 is 2.00 bits per heavy atom. The second-order valence-electron chi connectivity index (χ2n) is 3.60. The number of furan rings is 1. The maximum atomic E-state index is 13.1. The molecule has 3 rings (SSSR count). The highest BCUT2D eigenvalue weighted by atomic mass is 19.1. The van der Waals surface area contributed by atoms with Crippen LogP contribution in [0.4, 0.5) is 4.39 Å². The van der Waals surface area contributed by atoms with E-state index in [4.69, 9.17) is 8.83 Å². The average Bonchev–Trinajstić information content (AvgIpc) is 2.84. The van der Waals surface area contributed by atoms with Crippen LogP contribution in [0.2, 0.25) is 0 Å². The number of hydrogen-bond donors (Lipinski definition) is 0. The van der Waals surface area contributed by atoms with E-state index in [0.29, 0.717) is 11.3 Å². The van der Waals surface area contributed by atoms with Gasteiger partial charge in [0.2, 0.25) is 5.43 Å². The molecule has 0 N–H and O–H groups in total. The molecule has 0 unspecified atom stereocenters. The van der Waals surface area contributed by atoms with E-state index in [-0.39, 0.29) is 16.4 Å². The first kappa shape index (κ1) is 9.84. The molecular weight excluding hydrogens is 223 g/mol. The number of fused-ring (bicyclic) bond motifs is 1. The van der Waals surface area contributed by atoms with Crippen molar-refractivity contribution in [1.82, 2.24) is 0 Å². The van der Waals surface area contributed by atoms with Crippen molar-refractivity contribution in [3.8, 4) is 11.3 Å². The van der Waals surface area contributed by atoms with Crippen LogP contribution in [0, 0.1) is 5.82 Å². The molecule has 0 amide bonds. The van der Waals surface area contributed by atoms with Crippen LogP contribution in [0.1, 0.15) is 0 Å². The van der Waals surface area contributed by atoms with Crippen LogP contribution in [0.5, 0.6) is 0 Å². The third kappa shape index (κ3) is 1.54. The molecule has 3 nitrogen and oxygen atoms in total. The summed E-state index contributed by atoms with van der Waals surface area (Å²) in [5.74, 6) is -0.0636. The summed E-state index contributed by atoms with van der Waals surface area (Å²) in [4.78, 5) is 12.1. The summed E-state index contributed by atoms with van der Waals surface area (Å²) in [5, 5.41) is 0.207. The van der Waals surface area contributed by atoms with Gasteiger partial charge in [-0.25, -0.2) is 4.39 Å². The van der Waals surface area contributed by atoms with Gasteiger partial charge in [0.05, 0.1) is 11.6 Å². The zero-order chi connectivity index (χ0) is 11.8. The molecule has 1 aromatic carbocycles. The SMILES string of the molecule is O=c1c(-c2ccco2)coc2ccc(F)cc12. The minimum atomic E-state index is -0.471. The van der Waals surface area contributed by atoms with E-state index in [1.807, 2.05) is 0 Å². The van der Waals surface area contributed by atoms with Gasteiger partial charge in [-0.3, -0.25) is 4.79 Å². The predicted molar refractivity (Wildman–Crippen MR) is 60.1 cm³/mol. The molecule has 2 aromatic heterocycles. The fourth-order valence-corrected chi connectivity index (χ4v) is 1.71. The summed E-state index contributed by atoms with van der Waals surface area (Å²) in [6.45, 7) is 0. The van der Waals surface area contributed by atoms with Crippen LogP contribution >= 0.6 is 0 Å². The molecule has 2 heterocycles. The van der Waals surface area contributed by atoms with Gasteiger partial charge in [0.25, 0.3) is 0 Å². The Morgan fingerprint density at radius 3 is 2.76 bits per heavy atom. The van der Waals surface area contributed by atoms with Crippen molar-refractivity contribution in [3.63, 3.8) is 0 Å². The van der Waals surface area contributed by atoms with Crippen LogP contribution in [0.3, 0.4) is 0 Å². The van der Waals surface area contributed by atoms with Crippen LogP contribution in [0.15, 0.2) is 56.5 Å². The molecule has 0 atom stereocenters. The van der Waals surface area contributed by atoms with Gasteiger partial charge in [-0.05, 0) is 30.3 Å². The quantitative estimate of drug-likeness (QED) is 0.644. The van der Waals surface area contributed by atoms with Gasteiger partial charge in [-0.2, -0.15) is 0 Å². The molecule has 0 spiro atoms. The molecule has 4 heteroatoms. The molecule has 0 aliphatic rings. The highest BCUT2D eigenvalue weighted by Crippen LogP contribution is 2.20. The second-order valence-corrected chi connectivity index (χ2v) is 3.60. The maximum Gasteiger partial charge on any atom is 0.203 e. The van der Waals surface area contributed by atoms with Crippen molar-refractivity contribution < 1.29 is 13.2 Å². The van der Waals surface area contributed by atoms with Crippen molar-refractivity contribution in [2.45, 2.75) is 0 Å². The van der Waals surface area contributed by atoms with Crippen LogP contribution in [0.25, 0.3) is 22.3 Å². The Bertz CT molecular complexity index is 726. The van der Waals surface area contributed by atoms with E-state index in [0.717, 1.165) is 6.07 Å². The van der Waals surface area contributed by atoms with E-state index in [1.165, 1.54) is 24.7 Å². The van der Waals surface area contributed by atoms with Gasteiger partial charge in [0.1, 0.15) is 29.0 Å². The molecule has 0 radical (unpaired) electrons. The Labute approximate surface area is 95.1 Å². The molecule has 0 aliphatic heterocycles. The van der Waals surface area contributed by atoms with Crippen molar-refractivity contribution >= 4 is 11.0 Å². The molecule has 0 saturated carbocycles. The van der Waals surface area contributed by atoms with E-state index in [9.17, 15) is 9.18 Å². The summed E-state index contributed by atoms with van der Waals surface area (Å²) >= 11 is 0. The minimum absolute atomic E-state index is 0.207. The second kappa shape index (κ2) is 3.59. The number of halogens is 1. The maximum absolute atomic E-state index is 13.1. The van der Waals surface area contributed by atoms with E-state index in [1.54, 1.807) is 12.1 Å². The van der Waals surface area contributed by atoms with Crippen molar-refractivity contribution in [1.29, 1.82) is 0 Å². The first-order valence-corrected chi connectivity index (χ1v) is 5.00. The van der Waals surface area contributed by atoms with Crippen molar-refractivity contribution in [2.24, 2.45) is 0 Å².